The first-order chi connectivity index (χ1) is 13.0. The van der Waals surface area contributed by atoms with Crippen molar-refractivity contribution in [2.45, 2.75) is 51.4 Å². The van der Waals surface area contributed by atoms with Gasteiger partial charge in [-0.05, 0) is 18.9 Å². The first-order valence-corrected chi connectivity index (χ1v) is 9.92. The average Bonchev–Trinajstić information content (AvgIpc) is 3.29. The highest BCUT2D eigenvalue weighted by Crippen LogP contribution is 2.52. The highest BCUT2D eigenvalue weighted by molar-refractivity contribution is 5.91. The second kappa shape index (κ2) is 7.12. The summed E-state index contributed by atoms with van der Waals surface area (Å²) in [7, 11) is 0. The molecule has 5 heteroatoms. The highest BCUT2D eigenvalue weighted by atomic mass is 16.6. The molecule has 3 aliphatic heterocycles. The Kier molecular flexibility index (Phi) is 4.81. The van der Waals surface area contributed by atoms with Gasteiger partial charge >= 0.3 is 5.97 Å². The van der Waals surface area contributed by atoms with Gasteiger partial charge in [-0.1, -0.05) is 61.7 Å². The van der Waals surface area contributed by atoms with Gasteiger partial charge in [0.1, 0.15) is 11.5 Å². The molecule has 1 aromatic carbocycles. The van der Waals surface area contributed by atoms with Crippen LogP contribution in [-0.4, -0.2) is 41.6 Å². The Morgan fingerprint density at radius 1 is 1.30 bits per heavy atom. The minimum atomic E-state index is -0.667. The van der Waals surface area contributed by atoms with Crippen LogP contribution in [0.5, 0.6) is 0 Å². The van der Waals surface area contributed by atoms with Crippen molar-refractivity contribution in [1.82, 2.24) is 4.90 Å². The normalized spacial score (nSPS) is 30.8. The van der Waals surface area contributed by atoms with Gasteiger partial charge in [-0.15, -0.1) is 0 Å². The Morgan fingerprint density at radius 2 is 2.07 bits per heavy atom. The molecule has 2 bridgehead atoms. The molecular weight excluding hydrogens is 342 g/mol. The number of esters is 1. The predicted molar refractivity (Wildman–Crippen MR) is 101 cm³/mol. The van der Waals surface area contributed by atoms with Gasteiger partial charge in [0.15, 0.2) is 0 Å². The van der Waals surface area contributed by atoms with E-state index >= 15 is 0 Å². The maximum Gasteiger partial charge on any atom is 0.312 e. The third kappa shape index (κ3) is 3.18. The molecule has 3 aliphatic rings. The quantitative estimate of drug-likeness (QED) is 0.421. The zero-order valence-electron chi connectivity index (χ0n) is 16.0. The summed E-state index contributed by atoms with van der Waals surface area (Å²) in [6.07, 6.45) is 6.55. The third-order valence-electron chi connectivity index (χ3n) is 5.94. The lowest BCUT2D eigenvalue weighted by atomic mass is 9.77. The van der Waals surface area contributed by atoms with Crippen LogP contribution < -0.4 is 0 Å². The van der Waals surface area contributed by atoms with Gasteiger partial charge in [0.05, 0.1) is 25.2 Å². The van der Waals surface area contributed by atoms with E-state index in [1.165, 1.54) is 5.56 Å². The summed E-state index contributed by atoms with van der Waals surface area (Å²) in [6.45, 7) is 5.61. The Morgan fingerprint density at radius 3 is 2.81 bits per heavy atom. The number of ether oxygens (including phenoxy) is 2. The van der Waals surface area contributed by atoms with E-state index in [-0.39, 0.29) is 18.0 Å². The number of benzene rings is 1. The van der Waals surface area contributed by atoms with Crippen LogP contribution >= 0.6 is 0 Å². The van der Waals surface area contributed by atoms with Crippen LogP contribution in [-0.2, 0) is 25.6 Å². The molecule has 0 aromatic heterocycles. The van der Waals surface area contributed by atoms with Crippen LogP contribution in [0.15, 0.2) is 36.4 Å². The van der Waals surface area contributed by atoms with Crippen LogP contribution in [0.25, 0.3) is 0 Å². The Balaban J connectivity index is 1.47. The number of nitrogens with zero attached hydrogens (tertiary/aromatic N) is 1. The topological polar surface area (TPSA) is 55.8 Å². The van der Waals surface area contributed by atoms with Crippen LogP contribution in [0.1, 0.15) is 37.3 Å². The molecule has 0 unspecified atom stereocenters. The summed E-state index contributed by atoms with van der Waals surface area (Å²) < 4.78 is 11.6. The third-order valence-corrected chi connectivity index (χ3v) is 5.94. The van der Waals surface area contributed by atoms with Crippen molar-refractivity contribution >= 4 is 11.9 Å². The molecule has 1 amide bonds. The van der Waals surface area contributed by atoms with Gasteiger partial charge in [0.25, 0.3) is 0 Å². The lowest BCUT2D eigenvalue weighted by Crippen LogP contribution is -2.40. The Labute approximate surface area is 160 Å². The van der Waals surface area contributed by atoms with Gasteiger partial charge in [0.2, 0.25) is 5.91 Å². The molecule has 0 saturated carbocycles. The molecule has 3 heterocycles. The molecule has 144 valence electrons. The van der Waals surface area contributed by atoms with Crippen LogP contribution in [0.4, 0.5) is 0 Å². The van der Waals surface area contributed by atoms with E-state index in [9.17, 15) is 9.59 Å². The van der Waals surface area contributed by atoms with Crippen LogP contribution in [0.3, 0.4) is 0 Å². The van der Waals surface area contributed by atoms with E-state index in [4.69, 9.17) is 9.47 Å². The number of unbranched alkanes of at least 4 members (excludes halogenated alkanes) is 2. The maximum absolute atomic E-state index is 13.1. The molecule has 1 aromatic rings. The van der Waals surface area contributed by atoms with Gasteiger partial charge in [-0.3, -0.25) is 9.59 Å². The summed E-state index contributed by atoms with van der Waals surface area (Å²) in [6, 6.07) is 8.19. The molecule has 0 aliphatic carbocycles. The maximum atomic E-state index is 13.1. The number of fused-ring (bicyclic) bond motifs is 1. The van der Waals surface area contributed by atoms with Crippen molar-refractivity contribution in [3.8, 4) is 0 Å². The van der Waals surface area contributed by atoms with E-state index in [0.29, 0.717) is 19.7 Å². The van der Waals surface area contributed by atoms with E-state index < -0.39 is 17.4 Å². The molecule has 5 nitrogen and oxygen atoms in total. The van der Waals surface area contributed by atoms with E-state index in [0.717, 1.165) is 24.8 Å². The van der Waals surface area contributed by atoms with Crippen molar-refractivity contribution in [1.29, 1.82) is 0 Å². The Hall–Kier alpha value is -2.14. The minimum Gasteiger partial charge on any atom is -0.465 e. The molecule has 2 fully saturated rings. The molecule has 0 N–H and O–H groups in total. The second-order valence-corrected chi connectivity index (χ2v) is 7.95. The molecule has 4 atom stereocenters. The molecule has 2 saturated heterocycles. The average molecular weight is 369 g/mol. The zero-order chi connectivity index (χ0) is 19.0. The fourth-order valence-corrected chi connectivity index (χ4v) is 4.52. The highest BCUT2D eigenvalue weighted by Gasteiger charge is 2.67. The SMILES string of the molecule is CCCCCOC(=O)[C@@H]1[C@H]2C(=O)N(Cc3ccc(C)cc3)C[C@]23C=C[C@H]1O3. The second-order valence-electron chi connectivity index (χ2n) is 7.95. The number of carbonyl (C=O) groups excluding carboxylic acids is 2. The number of hydrogen-bond donors (Lipinski definition) is 0. The first kappa shape index (κ1) is 18.2. The molecule has 1 spiro atoms. The fraction of sp³-hybridized carbons (Fsp3) is 0.545. The smallest absolute Gasteiger partial charge is 0.312 e. The van der Waals surface area contributed by atoms with Crippen LogP contribution in [0.2, 0.25) is 0 Å². The zero-order valence-corrected chi connectivity index (χ0v) is 16.0. The van der Waals surface area contributed by atoms with Gasteiger partial charge in [0, 0.05) is 6.54 Å². The predicted octanol–water partition coefficient (Wildman–Crippen LogP) is 3.01. The summed E-state index contributed by atoms with van der Waals surface area (Å²) in [5, 5.41) is 0. The standard InChI is InChI=1S/C22H27NO4/c1-3-4-5-12-26-21(25)18-17-10-11-22(27-17)14-23(20(24)19(18)22)13-16-8-6-15(2)7-9-16/h6-11,17-19H,3-5,12-14H2,1-2H3/t17-,18+,19+,22-/m1/s1. The summed E-state index contributed by atoms with van der Waals surface area (Å²) in [4.78, 5) is 27.6. The number of rotatable bonds is 7. The van der Waals surface area contributed by atoms with Gasteiger partial charge in [-0.2, -0.15) is 0 Å². The molecular formula is C22H27NO4. The molecule has 4 rings (SSSR count). The summed E-state index contributed by atoms with van der Waals surface area (Å²) in [5.41, 5.74) is 1.61. The van der Waals surface area contributed by atoms with E-state index in [1.807, 2.05) is 48.2 Å². The molecule has 27 heavy (non-hydrogen) atoms. The van der Waals surface area contributed by atoms with Gasteiger partial charge in [-0.25, -0.2) is 0 Å². The van der Waals surface area contributed by atoms with Crippen molar-refractivity contribution in [2.24, 2.45) is 11.8 Å². The number of likely N-dealkylation sites (tertiary alicyclic amines) is 1. The first-order valence-electron chi connectivity index (χ1n) is 9.92. The summed E-state index contributed by atoms with van der Waals surface area (Å²) in [5.74, 6) is -1.28. The number of hydrogen-bond acceptors (Lipinski definition) is 4. The largest absolute Gasteiger partial charge is 0.465 e. The van der Waals surface area contributed by atoms with Gasteiger partial charge < -0.3 is 14.4 Å². The van der Waals surface area contributed by atoms with E-state index in [1.54, 1.807) is 0 Å². The lowest BCUT2D eigenvalue weighted by Gasteiger charge is -2.22. The number of carbonyl (C=O) groups is 2. The van der Waals surface area contributed by atoms with Crippen molar-refractivity contribution in [3.05, 3.63) is 47.5 Å². The minimum absolute atomic E-state index is 0.00191. The summed E-state index contributed by atoms with van der Waals surface area (Å²) >= 11 is 0. The molecule has 0 radical (unpaired) electrons. The lowest BCUT2D eigenvalue weighted by molar-refractivity contribution is -0.154. The van der Waals surface area contributed by atoms with Crippen molar-refractivity contribution in [3.63, 3.8) is 0 Å². The number of amides is 1. The van der Waals surface area contributed by atoms with Crippen molar-refractivity contribution in [2.75, 3.05) is 13.2 Å². The van der Waals surface area contributed by atoms with Crippen LogP contribution in [0, 0.1) is 18.8 Å². The fourth-order valence-electron chi connectivity index (χ4n) is 4.52. The van der Waals surface area contributed by atoms with E-state index in [2.05, 4.69) is 6.92 Å². The van der Waals surface area contributed by atoms with Crippen molar-refractivity contribution < 1.29 is 19.1 Å². The monoisotopic (exact) mass is 369 g/mol. The number of aryl methyl sites for hydroxylation is 1. The Bertz CT molecular complexity index is 756.